The van der Waals surface area contributed by atoms with Crippen molar-refractivity contribution in [3.63, 3.8) is 0 Å². The van der Waals surface area contributed by atoms with E-state index >= 15 is 0 Å². The fourth-order valence-corrected chi connectivity index (χ4v) is 5.86. The lowest BCUT2D eigenvalue weighted by atomic mass is 10.0. The van der Waals surface area contributed by atoms with E-state index in [1.807, 2.05) is 10.9 Å². The number of hydrogen-bond donors (Lipinski definition) is 0. The summed E-state index contributed by atoms with van der Waals surface area (Å²) in [5, 5.41) is 8.32. The van der Waals surface area contributed by atoms with E-state index in [-0.39, 0.29) is 11.3 Å². The highest BCUT2D eigenvalue weighted by molar-refractivity contribution is 7.89. The first-order valence-electron chi connectivity index (χ1n) is 8.55. The summed E-state index contributed by atoms with van der Waals surface area (Å²) < 4.78 is 29.1. The third kappa shape index (κ3) is 2.69. The second-order valence-corrected chi connectivity index (χ2v) is 9.22. The van der Waals surface area contributed by atoms with Gasteiger partial charge in [0, 0.05) is 25.2 Å². The van der Waals surface area contributed by atoms with Crippen LogP contribution >= 0.6 is 0 Å². The normalized spacial score (nSPS) is 28.3. The molecule has 0 spiro atoms. The van der Waals surface area contributed by atoms with Crippen LogP contribution in [0.3, 0.4) is 0 Å². The van der Waals surface area contributed by atoms with Crippen molar-refractivity contribution in [2.75, 3.05) is 13.1 Å². The maximum absolute atomic E-state index is 12.8. The predicted molar refractivity (Wildman–Crippen MR) is 83.0 cm³/mol. The number of nitrogens with zero attached hydrogens (tertiary/aromatic N) is 4. The first kappa shape index (κ1) is 14.6. The Bertz CT molecular complexity index is 632. The minimum absolute atomic E-state index is 0.151. The van der Waals surface area contributed by atoms with Gasteiger partial charge in [-0.15, -0.1) is 5.10 Å². The van der Waals surface area contributed by atoms with Gasteiger partial charge in [0.1, 0.15) is 0 Å². The molecule has 1 saturated heterocycles. The van der Waals surface area contributed by atoms with E-state index in [0.717, 1.165) is 37.8 Å². The van der Waals surface area contributed by atoms with Gasteiger partial charge < -0.3 is 0 Å². The predicted octanol–water partition coefficient (Wildman–Crippen LogP) is 2.06. The summed E-state index contributed by atoms with van der Waals surface area (Å²) in [6, 6.07) is 0.151. The van der Waals surface area contributed by atoms with E-state index in [2.05, 4.69) is 10.3 Å². The van der Waals surface area contributed by atoms with Gasteiger partial charge >= 0.3 is 0 Å². The molecule has 1 unspecified atom stereocenters. The summed E-state index contributed by atoms with van der Waals surface area (Å²) in [5.41, 5.74) is 1.08. The van der Waals surface area contributed by atoms with Crippen LogP contribution in [0.2, 0.25) is 0 Å². The van der Waals surface area contributed by atoms with Crippen LogP contribution in [0.1, 0.15) is 69.0 Å². The molecule has 3 aliphatic rings. The Morgan fingerprint density at radius 2 is 1.82 bits per heavy atom. The van der Waals surface area contributed by atoms with Gasteiger partial charge in [-0.2, -0.15) is 4.31 Å². The molecule has 4 rings (SSSR count). The highest BCUT2D eigenvalue weighted by Gasteiger charge is 2.38. The fraction of sp³-hybridized carbons (Fsp3) is 0.867. The lowest BCUT2D eigenvalue weighted by molar-refractivity contribution is 0.407. The van der Waals surface area contributed by atoms with Gasteiger partial charge in [0.05, 0.1) is 17.0 Å². The van der Waals surface area contributed by atoms with Crippen LogP contribution in [-0.2, 0) is 10.0 Å². The number of sulfonamides is 1. The Morgan fingerprint density at radius 3 is 2.55 bits per heavy atom. The van der Waals surface area contributed by atoms with Gasteiger partial charge in [0.15, 0.2) is 0 Å². The molecule has 0 radical (unpaired) electrons. The lowest BCUT2D eigenvalue weighted by Gasteiger charge is -2.26. The summed E-state index contributed by atoms with van der Waals surface area (Å²) in [6.45, 7) is 1.19. The summed E-state index contributed by atoms with van der Waals surface area (Å²) in [7, 11) is -3.13. The first-order chi connectivity index (χ1) is 10.6. The third-order valence-corrected chi connectivity index (χ3v) is 7.72. The quantitative estimate of drug-likeness (QED) is 0.850. The number of hydrogen-bond acceptors (Lipinski definition) is 4. The van der Waals surface area contributed by atoms with Crippen molar-refractivity contribution >= 4 is 10.0 Å². The molecule has 0 amide bonds. The number of aromatic nitrogens is 3. The summed E-state index contributed by atoms with van der Waals surface area (Å²) in [6.07, 6.45) is 10.2. The highest BCUT2D eigenvalue weighted by Crippen LogP contribution is 2.39. The fourth-order valence-electron chi connectivity index (χ4n) is 3.77. The standard InChI is InChI=1S/C15H24N4O2S/c20-22(21,14-4-2-1-3-5-14)18-9-8-13(10-18)19-11-15(16-17-19)12-6-7-12/h11-14H,1-10H2. The van der Waals surface area contributed by atoms with Crippen LogP contribution in [0, 0.1) is 0 Å². The molecule has 122 valence electrons. The van der Waals surface area contributed by atoms with Crippen LogP contribution < -0.4 is 0 Å². The largest absolute Gasteiger partial charge is 0.248 e. The molecular weight excluding hydrogens is 300 g/mol. The first-order valence-corrected chi connectivity index (χ1v) is 10.1. The SMILES string of the molecule is O=S(=O)(C1CCCCC1)N1CCC(n2cc(C3CC3)nn2)C1. The Kier molecular flexibility index (Phi) is 3.72. The molecular formula is C15H24N4O2S. The summed E-state index contributed by atoms with van der Waals surface area (Å²) in [5.74, 6) is 0.595. The second-order valence-electron chi connectivity index (χ2n) is 7.00. The van der Waals surface area contributed by atoms with Gasteiger partial charge in [0.2, 0.25) is 10.0 Å². The molecule has 6 nitrogen and oxygen atoms in total. The maximum Gasteiger partial charge on any atom is 0.217 e. The molecule has 1 aromatic rings. The van der Waals surface area contributed by atoms with Crippen molar-refractivity contribution in [3.8, 4) is 0 Å². The molecule has 0 aromatic carbocycles. The molecule has 2 heterocycles. The van der Waals surface area contributed by atoms with E-state index in [1.54, 1.807) is 4.31 Å². The molecule has 0 N–H and O–H groups in total. The average molecular weight is 324 g/mol. The zero-order valence-corrected chi connectivity index (χ0v) is 13.7. The zero-order chi connectivity index (χ0) is 15.2. The van der Waals surface area contributed by atoms with Gasteiger partial charge in [-0.1, -0.05) is 24.5 Å². The van der Waals surface area contributed by atoms with Crippen molar-refractivity contribution in [2.24, 2.45) is 0 Å². The summed E-state index contributed by atoms with van der Waals surface area (Å²) in [4.78, 5) is 0. The molecule has 1 atom stereocenters. The van der Waals surface area contributed by atoms with E-state index in [9.17, 15) is 8.42 Å². The van der Waals surface area contributed by atoms with Gasteiger partial charge in [-0.05, 0) is 32.1 Å². The molecule has 1 aliphatic heterocycles. The Balaban J connectivity index is 1.44. The van der Waals surface area contributed by atoms with Crippen molar-refractivity contribution in [1.29, 1.82) is 0 Å². The van der Waals surface area contributed by atoms with Gasteiger partial charge in [-0.25, -0.2) is 13.1 Å². The minimum Gasteiger partial charge on any atom is -0.248 e. The molecule has 0 bridgehead atoms. The van der Waals surface area contributed by atoms with Crippen LogP contribution in [0.25, 0.3) is 0 Å². The Morgan fingerprint density at radius 1 is 1.05 bits per heavy atom. The minimum atomic E-state index is -3.13. The van der Waals surface area contributed by atoms with E-state index in [4.69, 9.17) is 0 Å². The van der Waals surface area contributed by atoms with Crippen molar-refractivity contribution in [3.05, 3.63) is 11.9 Å². The van der Waals surface area contributed by atoms with Crippen LogP contribution in [0.15, 0.2) is 6.20 Å². The number of rotatable bonds is 4. The second kappa shape index (κ2) is 5.60. The Hall–Kier alpha value is -0.950. The lowest BCUT2D eigenvalue weighted by Crippen LogP contribution is -2.38. The topological polar surface area (TPSA) is 68.1 Å². The molecule has 2 saturated carbocycles. The van der Waals surface area contributed by atoms with E-state index in [0.29, 0.717) is 19.0 Å². The summed E-state index contributed by atoms with van der Waals surface area (Å²) >= 11 is 0. The van der Waals surface area contributed by atoms with E-state index < -0.39 is 10.0 Å². The van der Waals surface area contributed by atoms with Gasteiger partial charge in [-0.3, -0.25) is 0 Å². The van der Waals surface area contributed by atoms with Crippen molar-refractivity contribution in [1.82, 2.24) is 19.3 Å². The van der Waals surface area contributed by atoms with Gasteiger partial charge in [0.25, 0.3) is 0 Å². The monoisotopic (exact) mass is 324 g/mol. The Labute approximate surface area is 131 Å². The van der Waals surface area contributed by atoms with Crippen LogP contribution in [0.4, 0.5) is 0 Å². The molecule has 22 heavy (non-hydrogen) atoms. The van der Waals surface area contributed by atoms with Crippen LogP contribution in [0.5, 0.6) is 0 Å². The average Bonchev–Trinajstić information content (AvgIpc) is 3.06. The smallest absolute Gasteiger partial charge is 0.217 e. The van der Waals surface area contributed by atoms with Crippen LogP contribution in [-0.4, -0.2) is 46.1 Å². The maximum atomic E-state index is 12.8. The molecule has 7 heteroatoms. The van der Waals surface area contributed by atoms with Crippen molar-refractivity contribution in [2.45, 2.75) is 68.6 Å². The highest BCUT2D eigenvalue weighted by atomic mass is 32.2. The molecule has 2 aliphatic carbocycles. The molecule has 3 fully saturated rings. The van der Waals surface area contributed by atoms with Crippen molar-refractivity contribution < 1.29 is 8.42 Å². The van der Waals surface area contributed by atoms with E-state index in [1.165, 1.54) is 19.3 Å². The third-order valence-electron chi connectivity index (χ3n) is 5.36. The zero-order valence-electron chi connectivity index (χ0n) is 12.9. The molecule has 1 aromatic heterocycles.